The molecule has 0 aliphatic carbocycles. The molecule has 1 aromatic carbocycles. The SMILES string of the molecule is Cc1cc(C(N)c2ccn(C)n2)c(F)cc1F. The molecule has 5 heteroatoms. The summed E-state index contributed by atoms with van der Waals surface area (Å²) in [6.07, 6.45) is 1.73. The Morgan fingerprint density at radius 3 is 2.59 bits per heavy atom. The van der Waals surface area contributed by atoms with Gasteiger partial charge in [-0.2, -0.15) is 5.10 Å². The minimum absolute atomic E-state index is 0.252. The molecule has 0 amide bonds. The molecule has 1 atom stereocenters. The Morgan fingerprint density at radius 1 is 1.29 bits per heavy atom. The first-order valence-electron chi connectivity index (χ1n) is 5.19. The maximum Gasteiger partial charge on any atom is 0.131 e. The number of hydrogen-bond donors (Lipinski definition) is 1. The standard InChI is InChI=1S/C12H13F2N3/c1-7-5-8(10(14)6-9(7)13)12(15)11-3-4-17(2)16-11/h3-6,12H,15H2,1-2H3. The van der Waals surface area contributed by atoms with E-state index in [2.05, 4.69) is 5.10 Å². The second-order valence-corrected chi connectivity index (χ2v) is 4.01. The van der Waals surface area contributed by atoms with Crippen molar-refractivity contribution in [2.24, 2.45) is 12.8 Å². The molecule has 0 fully saturated rings. The maximum atomic E-state index is 13.6. The van der Waals surface area contributed by atoms with Crippen molar-refractivity contribution >= 4 is 0 Å². The fraction of sp³-hybridized carbons (Fsp3) is 0.250. The van der Waals surface area contributed by atoms with Crippen LogP contribution in [0.25, 0.3) is 0 Å². The number of nitrogens with zero attached hydrogens (tertiary/aromatic N) is 2. The highest BCUT2D eigenvalue weighted by atomic mass is 19.1. The van der Waals surface area contributed by atoms with Gasteiger partial charge in [0.25, 0.3) is 0 Å². The van der Waals surface area contributed by atoms with Crippen molar-refractivity contribution in [1.82, 2.24) is 9.78 Å². The smallest absolute Gasteiger partial charge is 0.131 e. The summed E-state index contributed by atoms with van der Waals surface area (Å²) in [6.45, 7) is 1.57. The van der Waals surface area contributed by atoms with Crippen molar-refractivity contribution in [3.05, 3.63) is 52.9 Å². The Balaban J connectivity index is 2.43. The summed E-state index contributed by atoms with van der Waals surface area (Å²) in [4.78, 5) is 0. The van der Waals surface area contributed by atoms with Gasteiger partial charge in [0.15, 0.2) is 0 Å². The number of hydrogen-bond acceptors (Lipinski definition) is 2. The zero-order valence-electron chi connectivity index (χ0n) is 9.61. The predicted octanol–water partition coefficient (Wildman–Crippen LogP) is 2.05. The van der Waals surface area contributed by atoms with Gasteiger partial charge in [0.1, 0.15) is 11.6 Å². The van der Waals surface area contributed by atoms with Gasteiger partial charge < -0.3 is 5.73 Å². The van der Waals surface area contributed by atoms with Crippen molar-refractivity contribution < 1.29 is 8.78 Å². The second-order valence-electron chi connectivity index (χ2n) is 4.01. The fourth-order valence-corrected chi connectivity index (χ4v) is 1.68. The molecule has 0 saturated carbocycles. The van der Waals surface area contributed by atoms with Crippen molar-refractivity contribution in [3.63, 3.8) is 0 Å². The first kappa shape index (κ1) is 11.7. The molecule has 2 aromatic rings. The first-order chi connectivity index (χ1) is 7.99. The summed E-state index contributed by atoms with van der Waals surface area (Å²) in [6, 6.07) is 3.30. The summed E-state index contributed by atoms with van der Waals surface area (Å²) >= 11 is 0. The molecule has 0 spiro atoms. The molecule has 90 valence electrons. The van der Waals surface area contributed by atoms with Crippen LogP contribution in [0.5, 0.6) is 0 Å². The Labute approximate surface area is 97.9 Å². The average Bonchev–Trinajstić information content (AvgIpc) is 2.69. The summed E-state index contributed by atoms with van der Waals surface area (Å²) < 4.78 is 28.3. The molecule has 0 radical (unpaired) electrons. The van der Waals surface area contributed by atoms with Gasteiger partial charge in [-0.05, 0) is 24.6 Å². The van der Waals surface area contributed by atoms with Crippen molar-refractivity contribution in [2.75, 3.05) is 0 Å². The molecule has 2 N–H and O–H groups in total. The van der Waals surface area contributed by atoms with Gasteiger partial charge in [-0.15, -0.1) is 0 Å². The van der Waals surface area contributed by atoms with Crippen LogP contribution in [0.1, 0.15) is 22.9 Å². The van der Waals surface area contributed by atoms with Gasteiger partial charge in [0.2, 0.25) is 0 Å². The van der Waals surface area contributed by atoms with E-state index in [1.807, 2.05) is 0 Å². The topological polar surface area (TPSA) is 43.8 Å². The van der Waals surface area contributed by atoms with Crippen LogP contribution < -0.4 is 5.73 Å². The van der Waals surface area contributed by atoms with E-state index in [-0.39, 0.29) is 5.56 Å². The van der Waals surface area contributed by atoms with E-state index in [9.17, 15) is 8.78 Å². The molecule has 0 aliphatic rings. The number of benzene rings is 1. The van der Waals surface area contributed by atoms with Crippen LogP contribution in [0, 0.1) is 18.6 Å². The molecule has 2 rings (SSSR count). The third-order valence-electron chi connectivity index (χ3n) is 2.67. The number of halogens is 2. The average molecular weight is 237 g/mol. The highest BCUT2D eigenvalue weighted by molar-refractivity contribution is 5.32. The van der Waals surface area contributed by atoms with Gasteiger partial charge in [0, 0.05) is 24.9 Å². The van der Waals surface area contributed by atoms with E-state index >= 15 is 0 Å². The number of rotatable bonds is 2. The molecule has 17 heavy (non-hydrogen) atoms. The van der Waals surface area contributed by atoms with Crippen LogP contribution in [-0.4, -0.2) is 9.78 Å². The van der Waals surface area contributed by atoms with Crippen LogP contribution in [0.3, 0.4) is 0 Å². The maximum absolute atomic E-state index is 13.6. The third kappa shape index (κ3) is 2.19. The minimum atomic E-state index is -0.685. The second kappa shape index (κ2) is 4.25. The summed E-state index contributed by atoms with van der Waals surface area (Å²) in [7, 11) is 1.75. The van der Waals surface area contributed by atoms with Crippen LogP contribution >= 0.6 is 0 Å². The summed E-state index contributed by atoms with van der Waals surface area (Å²) in [5.74, 6) is -1.22. The highest BCUT2D eigenvalue weighted by Crippen LogP contribution is 2.23. The zero-order chi connectivity index (χ0) is 12.6. The van der Waals surface area contributed by atoms with Crippen molar-refractivity contribution in [3.8, 4) is 0 Å². The van der Waals surface area contributed by atoms with E-state index in [1.54, 1.807) is 30.9 Å². The monoisotopic (exact) mass is 237 g/mol. The van der Waals surface area contributed by atoms with Gasteiger partial charge in [-0.1, -0.05) is 0 Å². The van der Waals surface area contributed by atoms with Crippen molar-refractivity contribution in [2.45, 2.75) is 13.0 Å². The molecule has 1 unspecified atom stereocenters. The summed E-state index contributed by atoms with van der Waals surface area (Å²) in [5.41, 5.74) is 7.09. The van der Waals surface area contributed by atoms with E-state index in [1.165, 1.54) is 6.07 Å². The van der Waals surface area contributed by atoms with Crippen LogP contribution in [0.4, 0.5) is 8.78 Å². The number of aryl methyl sites for hydroxylation is 2. The van der Waals surface area contributed by atoms with Crippen LogP contribution in [-0.2, 0) is 7.05 Å². The Hall–Kier alpha value is -1.75. The van der Waals surface area contributed by atoms with Gasteiger partial charge >= 0.3 is 0 Å². The lowest BCUT2D eigenvalue weighted by atomic mass is 10.0. The summed E-state index contributed by atoms with van der Waals surface area (Å²) in [5, 5.41) is 4.11. The Kier molecular flexibility index (Phi) is 2.93. The lowest BCUT2D eigenvalue weighted by Gasteiger charge is -2.11. The van der Waals surface area contributed by atoms with Gasteiger partial charge in [-0.25, -0.2) is 8.78 Å². The molecule has 0 aliphatic heterocycles. The Morgan fingerprint density at radius 2 is 2.00 bits per heavy atom. The molecular formula is C12H13F2N3. The largest absolute Gasteiger partial charge is 0.319 e. The van der Waals surface area contributed by atoms with E-state index in [0.29, 0.717) is 11.3 Å². The fourth-order valence-electron chi connectivity index (χ4n) is 1.68. The van der Waals surface area contributed by atoms with Crippen molar-refractivity contribution in [1.29, 1.82) is 0 Å². The lowest BCUT2D eigenvalue weighted by molar-refractivity contribution is 0.558. The van der Waals surface area contributed by atoms with E-state index in [0.717, 1.165) is 6.07 Å². The Bertz CT molecular complexity index is 549. The zero-order valence-corrected chi connectivity index (χ0v) is 9.61. The highest BCUT2D eigenvalue weighted by Gasteiger charge is 2.17. The molecular weight excluding hydrogens is 224 g/mol. The quantitative estimate of drug-likeness (QED) is 0.868. The number of nitrogens with two attached hydrogens (primary N) is 1. The molecule has 0 saturated heterocycles. The normalized spacial score (nSPS) is 12.8. The third-order valence-corrected chi connectivity index (χ3v) is 2.67. The van der Waals surface area contributed by atoms with E-state index < -0.39 is 17.7 Å². The van der Waals surface area contributed by atoms with E-state index in [4.69, 9.17) is 5.73 Å². The molecule has 1 heterocycles. The minimum Gasteiger partial charge on any atom is -0.319 e. The lowest BCUT2D eigenvalue weighted by Crippen LogP contribution is -2.15. The molecule has 3 nitrogen and oxygen atoms in total. The van der Waals surface area contributed by atoms with Crippen LogP contribution in [0.2, 0.25) is 0 Å². The number of aromatic nitrogens is 2. The predicted molar refractivity (Wildman–Crippen MR) is 60.3 cm³/mol. The van der Waals surface area contributed by atoms with Crippen LogP contribution in [0.15, 0.2) is 24.4 Å². The first-order valence-corrected chi connectivity index (χ1v) is 5.19. The van der Waals surface area contributed by atoms with Gasteiger partial charge in [0.05, 0.1) is 11.7 Å². The van der Waals surface area contributed by atoms with Gasteiger partial charge in [-0.3, -0.25) is 4.68 Å². The molecule has 1 aromatic heterocycles. The molecule has 0 bridgehead atoms.